The summed E-state index contributed by atoms with van der Waals surface area (Å²) < 4.78 is 0. The van der Waals surface area contributed by atoms with Gasteiger partial charge >= 0.3 is 6.03 Å². The first-order chi connectivity index (χ1) is 14.6. The highest BCUT2D eigenvalue weighted by molar-refractivity contribution is 5.89. The summed E-state index contributed by atoms with van der Waals surface area (Å²) in [6, 6.07) is 8.83. The molecule has 0 bridgehead atoms. The lowest BCUT2D eigenvalue weighted by atomic mass is 10.0. The summed E-state index contributed by atoms with van der Waals surface area (Å²) in [6.45, 7) is 2.93. The molecule has 3 atom stereocenters. The van der Waals surface area contributed by atoms with Gasteiger partial charge in [-0.25, -0.2) is 4.79 Å². The Balaban J connectivity index is 1.29. The lowest BCUT2D eigenvalue weighted by Crippen LogP contribution is -2.58. The van der Waals surface area contributed by atoms with Crippen LogP contribution in [0, 0.1) is 0 Å². The van der Waals surface area contributed by atoms with Crippen LogP contribution >= 0.6 is 0 Å². The summed E-state index contributed by atoms with van der Waals surface area (Å²) in [5.41, 5.74) is 0.734. The second-order valence-electron chi connectivity index (χ2n) is 8.49. The molecule has 0 aliphatic carbocycles. The van der Waals surface area contributed by atoms with Gasteiger partial charge in [0.2, 0.25) is 11.8 Å². The van der Waals surface area contributed by atoms with Crippen LogP contribution in [0.3, 0.4) is 0 Å². The Morgan fingerprint density at radius 3 is 2.63 bits per heavy atom. The molecule has 0 aromatic heterocycles. The van der Waals surface area contributed by atoms with E-state index in [-0.39, 0.29) is 36.0 Å². The monoisotopic (exact) mass is 413 g/mol. The molecular formula is C22H31N5O3. The Bertz CT molecular complexity index is 765. The van der Waals surface area contributed by atoms with E-state index in [1.165, 1.54) is 6.42 Å². The second-order valence-corrected chi connectivity index (χ2v) is 8.49. The lowest BCUT2D eigenvalue weighted by Gasteiger charge is -2.37. The number of piperidine rings is 1. The summed E-state index contributed by atoms with van der Waals surface area (Å²) in [4.78, 5) is 41.4. The van der Waals surface area contributed by atoms with Gasteiger partial charge in [0.1, 0.15) is 0 Å². The molecule has 4 amide bonds. The minimum atomic E-state index is -0.261. The van der Waals surface area contributed by atoms with Gasteiger partial charge in [-0.15, -0.1) is 0 Å². The van der Waals surface area contributed by atoms with Gasteiger partial charge in [0.05, 0.1) is 6.04 Å². The van der Waals surface area contributed by atoms with E-state index in [9.17, 15) is 14.4 Å². The second kappa shape index (κ2) is 9.47. The minimum absolute atomic E-state index is 0.0152. The number of hydrogen-bond donors (Lipinski definition) is 3. The minimum Gasteiger partial charge on any atom is -0.353 e. The van der Waals surface area contributed by atoms with Crippen LogP contribution in [0.4, 0.5) is 10.5 Å². The zero-order valence-corrected chi connectivity index (χ0v) is 17.3. The van der Waals surface area contributed by atoms with Crippen LogP contribution in [0.1, 0.15) is 38.5 Å². The normalized spacial score (nSPS) is 26.6. The summed E-state index contributed by atoms with van der Waals surface area (Å²) in [6.07, 6.45) is 5.23. The highest BCUT2D eigenvalue weighted by Crippen LogP contribution is 2.26. The largest absolute Gasteiger partial charge is 0.353 e. The van der Waals surface area contributed by atoms with E-state index in [1.807, 2.05) is 35.2 Å². The third-order valence-corrected chi connectivity index (χ3v) is 6.39. The first-order valence-corrected chi connectivity index (χ1v) is 11.0. The SMILES string of the molecule is O=C(Nc1ccccc1)N[C@H]1C[C@H]2C(=O)NC[C@@H](CCC(=O)N3CCCCC3)N2C1. The molecule has 3 fully saturated rings. The molecule has 0 spiro atoms. The van der Waals surface area contributed by atoms with Crippen LogP contribution in [0.25, 0.3) is 0 Å². The Labute approximate surface area is 177 Å². The van der Waals surface area contributed by atoms with Crippen molar-refractivity contribution in [2.45, 2.75) is 56.7 Å². The van der Waals surface area contributed by atoms with E-state index >= 15 is 0 Å². The summed E-state index contributed by atoms with van der Waals surface area (Å²) >= 11 is 0. The van der Waals surface area contributed by atoms with Crippen molar-refractivity contribution in [1.82, 2.24) is 20.4 Å². The van der Waals surface area contributed by atoms with Gasteiger partial charge in [-0.05, 0) is 44.2 Å². The third-order valence-electron chi connectivity index (χ3n) is 6.39. The number of amides is 4. The molecule has 3 N–H and O–H groups in total. The molecule has 0 unspecified atom stereocenters. The molecule has 0 radical (unpaired) electrons. The Kier molecular flexibility index (Phi) is 6.52. The molecule has 0 saturated carbocycles. The van der Waals surface area contributed by atoms with Gasteiger partial charge < -0.3 is 20.9 Å². The van der Waals surface area contributed by atoms with Gasteiger partial charge in [-0.3, -0.25) is 14.5 Å². The van der Waals surface area contributed by atoms with E-state index in [1.54, 1.807) is 0 Å². The van der Waals surface area contributed by atoms with Gasteiger partial charge in [-0.1, -0.05) is 18.2 Å². The predicted octanol–water partition coefficient (Wildman–Crippen LogP) is 1.54. The maximum Gasteiger partial charge on any atom is 0.319 e. The molecule has 1 aromatic carbocycles. The van der Waals surface area contributed by atoms with E-state index in [0.717, 1.165) is 38.0 Å². The Hall–Kier alpha value is -2.61. The molecule has 3 heterocycles. The third kappa shape index (κ3) is 4.92. The molecule has 4 rings (SSSR count). The number of fused-ring (bicyclic) bond motifs is 1. The average molecular weight is 414 g/mol. The van der Waals surface area contributed by atoms with Gasteiger partial charge in [-0.2, -0.15) is 0 Å². The van der Waals surface area contributed by atoms with E-state index in [2.05, 4.69) is 20.9 Å². The molecule has 162 valence electrons. The summed E-state index contributed by atoms with van der Waals surface area (Å²) in [5, 5.41) is 8.81. The number of para-hydroxylation sites is 1. The van der Waals surface area contributed by atoms with Crippen LogP contribution in [0.2, 0.25) is 0 Å². The number of carbonyl (C=O) groups is 3. The number of benzene rings is 1. The smallest absolute Gasteiger partial charge is 0.319 e. The number of nitrogens with zero attached hydrogens (tertiary/aromatic N) is 2. The van der Waals surface area contributed by atoms with Crippen molar-refractivity contribution >= 4 is 23.5 Å². The summed E-state index contributed by atoms with van der Waals surface area (Å²) in [7, 11) is 0. The van der Waals surface area contributed by atoms with Crippen LogP contribution in [0.5, 0.6) is 0 Å². The van der Waals surface area contributed by atoms with E-state index in [0.29, 0.717) is 25.9 Å². The average Bonchev–Trinajstić information content (AvgIpc) is 3.19. The Morgan fingerprint density at radius 1 is 1.10 bits per heavy atom. The topological polar surface area (TPSA) is 93.8 Å². The molecular weight excluding hydrogens is 382 g/mol. The highest BCUT2D eigenvalue weighted by atomic mass is 16.2. The number of urea groups is 1. The van der Waals surface area contributed by atoms with Crippen LogP contribution in [0.15, 0.2) is 30.3 Å². The first kappa shape index (κ1) is 20.7. The van der Waals surface area contributed by atoms with Crippen molar-refractivity contribution < 1.29 is 14.4 Å². The number of carbonyl (C=O) groups excluding carboxylic acids is 3. The molecule has 8 nitrogen and oxygen atoms in total. The zero-order valence-electron chi connectivity index (χ0n) is 17.3. The van der Waals surface area contributed by atoms with Crippen molar-refractivity contribution in [3.05, 3.63) is 30.3 Å². The number of rotatable bonds is 5. The molecule has 30 heavy (non-hydrogen) atoms. The summed E-state index contributed by atoms with van der Waals surface area (Å²) in [5.74, 6) is 0.237. The molecule has 8 heteroatoms. The lowest BCUT2D eigenvalue weighted by molar-refractivity contribution is -0.133. The number of anilines is 1. The number of likely N-dealkylation sites (tertiary alicyclic amines) is 1. The molecule has 3 aliphatic heterocycles. The van der Waals surface area contributed by atoms with Crippen LogP contribution < -0.4 is 16.0 Å². The van der Waals surface area contributed by atoms with Crippen molar-refractivity contribution in [1.29, 1.82) is 0 Å². The van der Waals surface area contributed by atoms with Crippen LogP contribution in [-0.4, -0.2) is 71.9 Å². The zero-order chi connectivity index (χ0) is 20.9. The maximum absolute atomic E-state index is 12.5. The maximum atomic E-state index is 12.5. The number of piperazine rings is 1. The Morgan fingerprint density at radius 2 is 1.87 bits per heavy atom. The fourth-order valence-electron chi connectivity index (χ4n) is 4.81. The van der Waals surface area contributed by atoms with Gasteiger partial charge in [0, 0.05) is 50.4 Å². The fraction of sp³-hybridized carbons (Fsp3) is 0.591. The van der Waals surface area contributed by atoms with Crippen molar-refractivity contribution in [2.24, 2.45) is 0 Å². The highest BCUT2D eigenvalue weighted by Gasteiger charge is 2.43. The van der Waals surface area contributed by atoms with Gasteiger partial charge in [0.25, 0.3) is 0 Å². The number of hydrogen-bond acceptors (Lipinski definition) is 4. The predicted molar refractivity (Wildman–Crippen MR) is 114 cm³/mol. The van der Waals surface area contributed by atoms with E-state index < -0.39 is 0 Å². The van der Waals surface area contributed by atoms with Crippen molar-refractivity contribution in [3.63, 3.8) is 0 Å². The van der Waals surface area contributed by atoms with Crippen LogP contribution in [-0.2, 0) is 9.59 Å². The van der Waals surface area contributed by atoms with E-state index in [4.69, 9.17) is 0 Å². The van der Waals surface area contributed by atoms with Gasteiger partial charge in [0.15, 0.2) is 0 Å². The molecule has 3 saturated heterocycles. The first-order valence-electron chi connectivity index (χ1n) is 11.0. The molecule has 1 aromatic rings. The van der Waals surface area contributed by atoms with Crippen molar-refractivity contribution in [3.8, 4) is 0 Å². The fourth-order valence-corrected chi connectivity index (χ4v) is 4.81. The molecule has 3 aliphatic rings. The quantitative estimate of drug-likeness (QED) is 0.683. The number of nitrogens with one attached hydrogen (secondary N) is 3. The van der Waals surface area contributed by atoms with Crippen molar-refractivity contribution in [2.75, 3.05) is 31.5 Å². The standard InChI is InChI=1S/C22H31N5O3/c28-20(26-11-5-2-6-12-26)10-9-18-14-23-21(29)19-13-17(15-27(18)19)25-22(30)24-16-7-3-1-4-8-16/h1,3-4,7-8,17-19H,2,5-6,9-15H2,(H,23,29)(H2,24,25,30)/t17-,18+,19-/m0/s1.